The number of nitrogens with two attached hydrogens (primary N) is 1. The molecule has 3 rings (SSSR count). The first-order valence-corrected chi connectivity index (χ1v) is 7.99. The van der Waals surface area contributed by atoms with Crippen LogP contribution in [0.25, 0.3) is 0 Å². The molecule has 0 aromatic carbocycles. The molecule has 2 fully saturated rings. The van der Waals surface area contributed by atoms with E-state index in [1.165, 1.54) is 19.3 Å². The second kappa shape index (κ2) is 5.35. The van der Waals surface area contributed by atoms with Crippen molar-refractivity contribution in [3.05, 3.63) is 5.82 Å². The van der Waals surface area contributed by atoms with Crippen molar-refractivity contribution >= 4 is 5.95 Å². The van der Waals surface area contributed by atoms with Gasteiger partial charge in [0.2, 0.25) is 5.95 Å². The van der Waals surface area contributed by atoms with Crippen molar-refractivity contribution in [1.82, 2.24) is 15.2 Å². The van der Waals surface area contributed by atoms with Crippen LogP contribution in [0, 0.1) is 11.3 Å². The third kappa shape index (κ3) is 2.55. The number of aromatic amines is 1. The average Bonchev–Trinajstić information content (AvgIpc) is 3.08. The minimum absolute atomic E-state index is 0.301. The number of anilines is 1. The Labute approximate surface area is 121 Å². The summed E-state index contributed by atoms with van der Waals surface area (Å²) in [5.41, 5.74) is 6.17. The molecule has 1 aliphatic heterocycles. The topological polar surface area (TPSA) is 70.8 Å². The highest BCUT2D eigenvalue weighted by Crippen LogP contribution is 2.38. The van der Waals surface area contributed by atoms with Crippen LogP contribution in [0.15, 0.2) is 0 Å². The summed E-state index contributed by atoms with van der Waals surface area (Å²) in [5.74, 6) is 3.29. The number of hydrogen-bond donors (Lipinski definition) is 2. The quantitative estimate of drug-likeness (QED) is 0.889. The summed E-state index contributed by atoms with van der Waals surface area (Å²) in [4.78, 5) is 7.07. The van der Waals surface area contributed by atoms with Crippen LogP contribution < -0.4 is 10.6 Å². The van der Waals surface area contributed by atoms with E-state index < -0.39 is 0 Å². The molecule has 2 atom stereocenters. The molecule has 2 heterocycles. The van der Waals surface area contributed by atoms with Crippen molar-refractivity contribution in [3.8, 4) is 0 Å². The van der Waals surface area contributed by atoms with Crippen molar-refractivity contribution in [2.45, 2.75) is 51.9 Å². The van der Waals surface area contributed by atoms with Gasteiger partial charge in [-0.3, -0.25) is 5.10 Å². The number of nitrogens with one attached hydrogen (secondary N) is 1. The van der Waals surface area contributed by atoms with Gasteiger partial charge in [0.15, 0.2) is 0 Å². The number of nitrogens with zero attached hydrogens (tertiary/aromatic N) is 3. The zero-order chi connectivity index (χ0) is 14.2. The first-order valence-electron chi connectivity index (χ1n) is 7.99. The summed E-state index contributed by atoms with van der Waals surface area (Å²) in [6, 6.07) is 0. The third-order valence-electron chi connectivity index (χ3n) is 5.45. The molecule has 1 saturated carbocycles. The number of hydrogen-bond acceptors (Lipinski definition) is 4. The van der Waals surface area contributed by atoms with Crippen molar-refractivity contribution in [3.63, 3.8) is 0 Å². The highest BCUT2D eigenvalue weighted by molar-refractivity contribution is 5.30. The molecule has 0 amide bonds. The van der Waals surface area contributed by atoms with E-state index >= 15 is 0 Å². The minimum atomic E-state index is 0.301. The van der Waals surface area contributed by atoms with Gasteiger partial charge in [0.05, 0.1) is 0 Å². The van der Waals surface area contributed by atoms with Crippen LogP contribution >= 0.6 is 0 Å². The fourth-order valence-corrected chi connectivity index (χ4v) is 3.57. The fraction of sp³-hybridized carbons (Fsp3) is 0.867. The molecular formula is C15H27N5. The smallest absolute Gasteiger partial charge is 0.244 e. The number of H-pyrrole nitrogens is 1. The van der Waals surface area contributed by atoms with Gasteiger partial charge in [0.1, 0.15) is 5.82 Å². The van der Waals surface area contributed by atoms with Gasteiger partial charge in [0.25, 0.3) is 0 Å². The van der Waals surface area contributed by atoms with E-state index in [4.69, 9.17) is 10.7 Å². The summed E-state index contributed by atoms with van der Waals surface area (Å²) >= 11 is 0. The monoisotopic (exact) mass is 277 g/mol. The second-order valence-corrected chi connectivity index (χ2v) is 7.04. The Morgan fingerprint density at radius 3 is 2.70 bits per heavy atom. The van der Waals surface area contributed by atoms with Crippen molar-refractivity contribution < 1.29 is 0 Å². The lowest BCUT2D eigenvalue weighted by Crippen LogP contribution is -2.42. The molecule has 1 aliphatic carbocycles. The van der Waals surface area contributed by atoms with Crippen LogP contribution in [-0.4, -0.2) is 34.8 Å². The molecule has 1 saturated heterocycles. The van der Waals surface area contributed by atoms with Crippen LogP contribution in [0.5, 0.6) is 0 Å². The van der Waals surface area contributed by atoms with Gasteiger partial charge in [-0.25, -0.2) is 0 Å². The Morgan fingerprint density at radius 2 is 2.10 bits per heavy atom. The molecule has 5 nitrogen and oxygen atoms in total. The Bertz CT molecular complexity index is 447. The van der Waals surface area contributed by atoms with Gasteiger partial charge in [-0.15, -0.1) is 5.10 Å². The molecular weight excluding hydrogens is 250 g/mol. The maximum Gasteiger partial charge on any atom is 0.244 e. The summed E-state index contributed by atoms with van der Waals surface area (Å²) < 4.78 is 0. The van der Waals surface area contributed by atoms with E-state index in [1.54, 1.807) is 0 Å². The highest BCUT2D eigenvalue weighted by Gasteiger charge is 2.32. The van der Waals surface area contributed by atoms with Crippen molar-refractivity contribution in [2.24, 2.45) is 17.1 Å². The lowest BCUT2D eigenvalue weighted by molar-refractivity contribution is 0.257. The Morgan fingerprint density at radius 1 is 1.35 bits per heavy atom. The standard InChI is InChI=1S/C15H27N5/c1-11-4-3-5-12(11)13-17-14(19-18-13)20-8-6-15(2,10-16)7-9-20/h11-12H,3-10,16H2,1-2H3,(H,17,18,19). The number of rotatable bonds is 3. The van der Waals surface area contributed by atoms with Crippen LogP contribution in [-0.2, 0) is 0 Å². The van der Waals surface area contributed by atoms with Gasteiger partial charge in [-0.2, -0.15) is 4.98 Å². The van der Waals surface area contributed by atoms with E-state index in [9.17, 15) is 0 Å². The molecule has 5 heteroatoms. The molecule has 20 heavy (non-hydrogen) atoms. The molecule has 3 N–H and O–H groups in total. The van der Waals surface area contributed by atoms with Gasteiger partial charge >= 0.3 is 0 Å². The Hall–Kier alpha value is -1.10. The normalized spacial score (nSPS) is 29.9. The van der Waals surface area contributed by atoms with Crippen molar-refractivity contribution in [2.75, 3.05) is 24.5 Å². The molecule has 1 aromatic rings. The van der Waals surface area contributed by atoms with E-state index in [-0.39, 0.29) is 0 Å². The van der Waals surface area contributed by atoms with Gasteiger partial charge < -0.3 is 10.6 Å². The fourth-order valence-electron chi connectivity index (χ4n) is 3.57. The zero-order valence-electron chi connectivity index (χ0n) is 12.7. The molecule has 0 radical (unpaired) electrons. The van der Waals surface area contributed by atoms with Gasteiger partial charge in [0, 0.05) is 19.0 Å². The summed E-state index contributed by atoms with van der Waals surface area (Å²) in [6.07, 6.45) is 6.15. The van der Waals surface area contributed by atoms with E-state index in [0.29, 0.717) is 11.3 Å². The molecule has 2 unspecified atom stereocenters. The largest absolute Gasteiger partial charge is 0.340 e. The zero-order valence-corrected chi connectivity index (χ0v) is 12.7. The molecule has 0 bridgehead atoms. The minimum Gasteiger partial charge on any atom is -0.340 e. The van der Waals surface area contributed by atoms with Gasteiger partial charge in [-0.05, 0) is 43.6 Å². The van der Waals surface area contributed by atoms with Gasteiger partial charge in [-0.1, -0.05) is 20.3 Å². The predicted molar refractivity (Wildman–Crippen MR) is 80.7 cm³/mol. The van der Waals surface area contributed by atoms with Crippen LogP contribution in [0.2, 0.25) is 0 Å². The SMILES string of the molecule is CC1CCCC1c1nc(N2CCC(C)(CN)CC2)n[nH]1. The highest BCUT2D eigenvalue weighted by atomic mass is 15.4. The predicted octanol–water partition coefficient (Wildman–Crippen LogP) is 2.27. The summed E-state index contributed by atoms with van der Waals surface area (Å²) in [5, 5.41) is 7.63. The lowest BCUT2D eigenvalue weighted by atomic mass is 9.81. The first-order chi connectivity index (χ1) is 9.61. The number of aromatic nitrogens is 3. The molecule has 0 spiro atoms. The Balaban J connectivity index is 1.66. The van der Waals surface area contributed by atoms with E-state index in [2.05, 4.69) is 28.9 Å². The summed E-state index contributed by atoms with van der Waals surface area (Å²) in [6.45, 7) is 7.43. The maximum absolute atomic E-state index is 5.87. The van der Waals surface area contributed by atoms with E-state index in [0.717, 1.165) is 50.2 Å². The maximum atomic E-state index is 5.87. The van der Waals surface area contributed by atoms with E-state index in [1.807, 2.05) is 0 Å². The van der Waals surface area contributed by atoms with Crippen LogP contribution in [0.3, 0.4) is 0 Å². The summed E-state index contributed by atoms with van der Waals surface area (Å²) in [7, 11) is 0. The van der Waals surface area contributed by atoms with Crippen molar-refractivity contribution in [1.29, 1.82) is 0 Å². The van der Waals surface area contributed by atoms with Crippen LogP contribution in [0.1, 0.15) is 57.7 Å². The second-order valence-electron chi connectivity index (χ2n) is 7.04. The Kier molecular flexibility index (Phi) is 3.71. The molecule has 1 aromatic heterocycles. The third-order valence-corrected chi connectivity index (χ3v) is 5.45. The average molecular weight is 277 g/mol. The molecule has 112 valence electrons. The first kappa shape index (κ1) is 13.9. The lowest BCUT2D eigenvalue weighted by Gasteiger charge is -2.38. The van der Waals surface area contributed by atoms with Crippen LogP contribution in [0.4, 0.5) is 5.95 Å². The molecule has 2 aliphatic rings. The number of piperidine rings is 1.